The fourth-order valence-electron chi connectivity index (χ4n) is 4.23. The molecule has 4 nitrogen and oxygen atoms in total. The van der Waals surface area contributed by atoms with E-state index in [0.29, 0.717) is 18.5 Å². The summed E-state index contributed by atoms with van der Waals surface area (Å²) in [6.07, 6.45) is 5.08. The number of likely N-dealkylation sites (tertiary alicyclic amines) is 1. The first-order valence-corrected chi connectivity index (χ1v) is 10.3. The van der Waals surface area contributed by atoms with Crippen molar-refractivity contribution in [2.75, 3.05) is 20.2 Å². The van der Waals surface area contributed by atoms with E-state index in [1.807, 2.05) is 12.1 Å². The third-order valence-electron chi connectivity index (χ3n) is 5.61. The Kier molecular flexibility index (Phi) is 7.90. The summed E-state index contributed by atoms with van der Waals surface area (Å²) in [5.41, 5.74) is 2.57. The van der Waals surface area contributed by atoms with E-state index in [2.05, 4.69) is 58.8 Å². The van der Waals surface area contributed by atoms with Crippen LogP contribution in [-0.2, 0) is 6.54 Å². The van der Waals surface area contributed by atoms with Crippen molar-refractivity contribution in [1.29, 1.82) is 5.26 Å². The second-order valence-electron chi connectivity index (χ2n) is 7.45. The average molecular weight is 378 g/mol. The highest BCUT2D eigenvalue weighted by molar-refractivity contribution is 5.33. The van der Waals surface area contributed by atoms with Crippen molar-refractivity contribution >= 4 is 0 Å². The van der Waals surface area contributed by atoms with E-state index in [1.165, 1.54) is 24.0 Å². The quantitative estimate of drug-likeness (QED) is 0.644. The molecule has 0 unspecified atom stereocenters. The van der Waals surface area contributed by atoms with E-state index < -0.39 is 0 Å². The van der Waals surface area contributed by atoms with Crippen molar-refractivity contribution in [3.8, 4) is 11.8 Å². The van der Waals surface area contributed by atoms with Gasteiger partial charge in [-0.25, -0.2) is 0 Å². The highest BCUT2D eigenvalue weighted by Gasteiger charge is 2.32. The molecule has 2 atom stereocenters. The van der Waals surface area contributed by atoms with Crippen molar-refractivity contribution in [2.45, 2.75) is 50.7 Å². The number of hydrogen-bond donors (Lipinski definition) is 1. The predicted octanol–water partition coefficient (Wildman–Crippen LogP) is 4.68. The monoisotopic (exact) mass is 377 g/mol. The maximum Gasteiger partial charge on any atom is 0.123 e. The molecule has 1 aliphatic rings. The first-order chi connectivity index (χ1) is 13.8. The summed E-state index contributed by atoms with van der Waals surface area (Å²) < 4.78 is 5.52. The molecule has 1 fully saturated rings. The van der Waals surface area contributed by atoms with E-state index in [0.717, 1.165) is 38.2 Å². The first-order valence-electron chi connectivity index (χ1n) is 10.3. The molecule has 1 aliphatic heterocycles. The van der Waals surface area contributed by atoms with Gasteiger partial charge in [0.2, 0.25) is 0 Å². The number of hydrogen-bond acceptors (Lipinski definition) is 4. The van der Waals surface area contributed by atoms with E-state index in [1.54, 1.807) is 7.11 Å². The van der Waals surface area contributed by atoms with Gasteiger partial charge in [0.1, 0.15) is 5.75 Å². The van der Waals surface area contributed by atoms with E-state index in [9.17, 15) is 0 Å². The van der Waals surface area contributed by atoms with E-state index in [-0.39, 0.29) is 0 Å². The van der Waals surface area contributed by atoms with Gasteiger partial charge in [0.25, 0.3) is 0 Å². The molecule has 0 aromatic heterocycles. The van der Waals surface area contributed by atoms with Gasteiger partial charge < -0.3 is 10.1 Å². The molecule has 28 heavy (non-hydrogen) atoms. The van der Waals surface area contributed by atoms with Gasteiger partial charge in [0.05, 0.1) is 19.2 Å². The van der Waals surface area contributed by atoms with Crippen LogP contribution in [-0.4, -0.2) is 31.1 Å². The van der Waals surface area contributed by atoms with Crippen LogP contribution in [0.25, 0.3) is 0 Å². The lowest BCUT2D eigenvalue weighted by Crippen LogP contribution is -2.48. The molecule has 4 heteroatoms. The van der Waals surface area contributed by atoms with Crippen LogP contribution in [0, 0.1) is 11.3 Å². The second kappa shape index (κ2) is 10.8. The number of nitrogens with one attached hydrogen (secondary N) is 1. The number of para-hydroxylation sites is 1. The van der Waals surface area contributed by atoms with Crippen molar-refractivity contribution in [1.82, 2.24) is 10.2 Å². The second-order valence-corrected chi connectivity index (χ2v) is 7.45. The maximum atomic E-state index is 8.81. The predicted molar refractivity (Wildman–Crippen MR) is 113 cm³/mol. The normalized spacial score (nSPS) is 19.9. The maximum absolute atomic E-state index is 8.81. The Hall–Kier alpha value is -2.35. The number of piperidine rings is 1. The standard InChI is InChI=1S/C24H31N3O/c1-28-23-15-7-6-13-21(23)19-26-22-14-10-18-27(17-9-3-8-16-25)24(22)20-11-4-2-5-12-20/h2,4-7,11-13,15,22,24,26H,3,8-10,14,17-19H2,1H3/t22-,24-/m0/s1. The lowest BCUT2D eigenvalue weighted by atomic mass is 9.89. The highest BCUT2D eigenvalue weighted by Crippen LogP contribution is 2.32. The van der Waals surface area contributed by atoms with Gasteiger partial charge in [-0.05, 0) is 50.4 Å². The summed E-state index contributed by atoms with van der Waals surface area (Å²) in [7, 11) is 1.73. The molecule has 148 valence electrons. The average Bonchev–Trinajstić information content (AvgIpc) is 2.76. The Balaban J connectivity index is 1.72. The zero-order valence-corrected chi connectivity index (χ0v) is 16.8. The van der Waals surface area contributed by atoms with Gasteiger partial charge in [-0.2, -0.15) is 5.26 Å². The molecular formula is C24H31N3O. The minimum absolute atomic E-state index is 0.367. The Labute approximate surface area is 169 Å². The van der Waals surface area contributed by atoms with Crippen LogP contribution in [0.4, 0.5) is 0 Å². The molecule has 1 N–H and O–H groups in total. The zero-order chi connectivity index (χ0) is 19.6. The number of ether oxygens (including phenoxy) is 1. The molecule has 2 aromatic carbocycles. The molecule has 0 radical (unpaired) electrons. The third-order valence-corrected chi connectivity index (χ3v) is 5.61. The minimum atomic E-state index is 0.367. The van der Waals surface area contributed by atoms with Crippen molar-refractivity contribution in [3.05, 3.63) is 65.7 Å². The van der Waals surface area contributed by atoms with Crippen LogP contribution in [0.15, 0.2) is 54.6 Å². The summed E-state index contributed by atoms with van der Waals surface area (Å²) in [6, 6.07) is 22.1. The summed E-state index contributed by atoms with van der Waals surface area (Å²) in [5, 5.41) is 12.6. The molecule has 0 aliphatic carbocycles. The molecule has 1 heterocycles. The van der Waals surface area contributed by atoms with Crippen LogP contribution in [0.2, 0.25) is 0 Å². The SMILES string of the molecule is COc1ccccc1CN[C@H]1CCCN(CCCCC#N)[C@H]1c1ccccc1. The topological polar surface area (TPSA) is 48.3 Å². The molecule has 3 rings (SSSR count). The number of nitrogens with zero attached hydrogens (tertiary/aromatic N) is 2. The zero-order valence-electron chi connectivity index (χ0n) is 16.8. The van der Waals surface area contributed by atoms with Gasteiger partial charge in [0, 0.05) is 24.6 Å². The number of methoxy groups -OCH3 is 1. The fraction of sp³-hybridized carbons (Fsp3) is 0.458. The largest absolute Gasteiger partial charge is 0.496 e. The summed E-state index contributed by atoms with van der Waals surface area (Å²) in [6.45, 7) is 2.98. The smallest absolute Gasteiger partial charge is 0.123 e. The molecule has 1 saturated heterocycles. The Morgan fingerprint density at radius 3 is 2.68 bits per heavy atom. The van der Waals surface area contributed by atoms with Crippen LogP contribution in [0.5, 0.6) is 5.75 Å². The Morgan fingerprint density at radius 2 is 1.89 bits per heavy atom. The van der Waals surface area contributed by atoms with Gasteiger partial charge in [-0.3, -0.25) is 4.90 Å². The fourth-order valence-corrected chi connectivity index (χ4v) is 4.23. The number of unbranched alkanes of at least 4 members (excludes halogenated alkanes) is 2. The van der Waals surface area contributed by atoms with E-state index >= 15 is 0 Å². The lowest BCUT2D eigenvalue weighted by Gasteiger charge is -2.42. The van der Waals surface area contributed by atoms with Crippen LogP contribution in [0.3, 0.4) is 0 Å². The lowest BCUT2D eigenvalue weighted by molar-refractivity contribution is 0.109. The summed E-state index contributed by atoms with van der Waals surface area (Å²) >= 11 is 0. The van der Waals surface area contributed by atoms with Gasteiger partial charge in [-0.15, -0.1) is 0 Å². The van der Waals surface area contributed by atoms with Crippen molar-refractivity contribution < 1.29 is 4.74 Å². The molecule has 0 amide bonds. The molecule has 2 aromatic rings. The van der Waals surface area contributed by atoms with Crippen molar-refractivity contribution in [2.24, 2.45) is 0 Å². The number of nitriles is 1. The Bertz CT molecular complexity index is 756. The molecule has 0 bridgehead atoms. The number of rotatable bonds is 9. The van der Waals surface area contributed by atoms with Crippen LogP contribution < -0.4 is 10.1 Å². The number of benzene rings is 2. The van der Waals surface area contributed by atoms with Gasteiger partial charge in [-0.1, -0.05) is 48.5 Å². The molecule has 0 saturated carbocycles. The highest BCUT2D eigenvalue weighted by atomic mass is 16.5. The Morgan fingerprint density at radius 1 is 1.11 bits per heavy atom. The molecular weight excluding hydrogens is 346 g/mol. The first kappa shape index (κ1) is 20.4. The third kappa shape index (κ3) is 5.34. The molecule has 0 spiro atoms. The van der Waals surface area contributed by atoms with Crippen molar-refractivity contribution in [3.63, 3.8) is 0 Å². The van der Waals surface area contributed by atoms with Crippen LogP contribution >= 0.6 is 0 Å². The minimum Gasteiger partial charge on any atom is -0.496 e. The van der Waals surface area contributed by atoms with Gasteiger partial charge >= 0.3 is 0 Å². The van der Waals surface area contributed by atoms with Crippen LogP contribution in [0.1, 0.15) is 49.3 Å². The summed E-state index contributed by atoms with van der Waals surface area (Å²) in [4.78, 5) is 2.61. The van der Waals surface area contributed by atoms with Gasteiger partial charge in [0.15, 0.2) is 0 Å². The summed E-state index contributed by atoms with van der Waals surface area (Å²) in [5.74, 6) is 0.940. The van der Waals surface area contributed by atoms with E-state index in [4.69, 9.17) is 10.00 Å².